The van der Waals surface area contributed by atoms with Crippen molar-refractivity contribution in [1.29, 1.82) is 0 Å². The standard InChI is InChI=1S/C9H6F3NO2.Na/c10-9(11,12)8(15)5-7(14)6-1-3-13-4-2-6;/h1-5,14H;/q;+1/p-1/b7-5-;. The number of ketones is 1. The van der Waals surface area contributed by atoms with Crippen LogP contribution in [0.5, 0.6) is 0 Å². The molecular formula is C9H5F3NNaO2. The van der Waals surface area contributed by atoms with E-state index in [9.17, 15) is 23.1 Å². The summed E-state index contributed by atoms with van der Waals surface area (Å²) in [5.41, 5.74) is -0.0115. The van der Waals surface area contributed by atoms with Crippen molar-refractivity contribution in [3.8, 4) is 0 Å². The van der Waals surface area contributed by atoms with Crippen LogP contribution in [-0.2, 0) is 4.79 Å². The quantitative estimate of drug-likeness (QED) is 0.338. The van der Waals surface area contributed by atoms with E-state index in [1.54, 1.807) is 0 Å². The number of pyridine rings is 1. The Morgan fingerprint density at radius 1 is 1.31 bits per heavy atom. The normalized spacial score (nSPS) is 11.8. The number of halogens is 3. The third-order valence-electron chi connectivity index (χ3n) is 1.51. The molecule has 7 heteroatoms. The van der Waals surface area contributed by atoms with Crippen molar-refractivity contribution in [2.24, 2.45) is 0 Å². The first-order valence-electron chi connectivity index (χ1n) is 3.81. The van der Waals surface area contributed by atoms with Crippen molar-refractivity contribution in [3.63, 3.8) is 0 Å². The molecule has 0 aromatic carbocycles. The number of nitrogens with zero attached hydrogens (tertiary/aromatic N) is 1. The van der Waals surface area contributed by atoms with Gasteiger partial charge in [-0.3, -0.25) is 9.78 Å². The Hall–Kier alpha value is -0.850. The Morgan fingerprint density at radius 2 is 1.81 bits per heavy atom. The van der Waals surface area contributed by atoms with E-state index in [0.717, 1.165) is 0 Å². The van der Waals surface area contributed by atoms with Gasteiger partial charge in [0.2, 0.25) is 0 Å². The van der Waals surface area contributed by atoms with Crippen molar-refractivity contribution in [2.75, 3.05) is 0 Å². The van der Waals surface area contributed by atoms with Gasteiger partial charge in [-0.1, -0.05) is 5.76 Å². The molecule has 0 radical (unpaired) electrons. The smallest absolute Gasteiger partial charge is 0.872 e. The predicted molar refractivity (Wildman–Crippen MR) is 43.3 cm³/mol. The van der Waals surface area contributed by atoms with E-state index in [-0.39, 0.29) is 41.2 Å². The molecule has 0 fully saturated rings. The summed E-state index contributed by atoms with van der Waals surface area (Å²) in [5, 5.41) is 11.1. The van der Waals surface area contributed by atoms with Crippen LogP contribution in [-0.4, -0.2) is 16.9 Å². The summed E-state index contributed by atoms with van der Waals surface area (Å²) in [7, 11) is 0. The third-order valence-corrected chi connectivity index (χ3v) is 1.51. The van der Waals surface area contributed by atoms with Gasteiger partial charge in [-0.15, -0.1) is 0 Å². The summed E-state index contributed by atoms with van der Waals surface area (Å²) in [5.74, 6) is -3.15. The van der Waals surface area contributed by atoms with E-state index in [2.05, 4.69) is 4.98 Å². The number of rotatable bonds is 2. The maximum absolute atomic E-state index is 11.8. The summed E-state index contributed by atoms with van der Waals surface area (Å²) in [6.45, 7) is 0. The van der Waals surface area contributed by atoms with Crippen molar-refractivity contribution >= 4 is 11.5 Å². The number of alkyl halides is 3. The molecule has 0 aliphatic rings. The maximum atomic E-state index is 11.8. The maximum Gasteiger partial charge on any atom is 1.00 e. The molecule has 16 heavy (non-hydrogen) atoms. The first-order valence-corrected chi connectivity index (χ1v) is 3.81. The Labute approximate surface area is 111 Å². The van der Waals surface area contributed by atoms with Gasteiger partial charge in [0.05, 0.1) is 0 Å². The van der Waals surface area contributed by atoms with Gasteiger partial charge in [-0.05, 0) is 23.8 Å². The van der Waals surface area contributed by atoms with Crippen molar-refractivity contribution in [3.05, 3.63) is 36.2 Å². The number of hydrogen-bond donors (Lipinski definition) is 0. The van der Waals surface area contributed by atoms with E-state index >= 15 is 0 Å². The largest absolute Gasteiger partial charge is 1.00 e. The second-order valence-electron chi connectivity index (χ2n) is 2.61. The van der Waals surface area contributed by atoms with Crippen LogP contribution in [0.25, 0.3) is 5.76 Å². The van der Waals surface area contributed by atoms with Crippen molar-refractivity contribution < 1.29 is 52.6 Å². The third kappa shape index (κ3) is 4.34. The molecule has 80 valence electrons. The zero-order chi connectivity index (χ0) is 11.5. The van der Waals surface area contributed by atoms with Crippen LogP contribution in [0, 0.1) is 0 Å². The molecule has 0 aliphatic carbocycles. The average molecular weight is 239 g/mol. The van der Waals surface area contributed by atoms with Crippen LogP contribution < -0.4 is 34.7 Å². The minimum atomic E-state index is -5.01. The van der Waals surface area contributed by atoms with E-state index in [1.807, 2.05) is 0 Å². The number of aromatic nitrogens is 1. The minimum absolute atomic E-state index is 0. The summed E-state index contributed by atoms with van der Waals surface area (Å²) in [4.78, 5) is 14.0. The van der Waals surface area contributed by atoms with Gasteiger partial charge in [-0.2, -0.15) is 13.2 Å². The van der Waals surface area contributed by atoms with Gasteiger partial charge < -0.3 is 5.11 Å². The molecule has 3 nitrogen and oxygen atoms in total. The molecule has 0 unspecified atom stereocenters. The average Bonchev–Trinajstić information content (AvgIpc) is 2.17. The van der Waals surface area contributed by atoms with Crippen LogP contribution in [0.2, 0.25) is 0 Å². The molecule has 0 atom stereocenters. The van der Waals surface area contributed by atoms with Gasteiger partial charge in [0.1, 0.15) is 0 Å². The summed E-state index contributed by atoms with van der Waals surface area (Å²) in [6.07, 6.45) is -2.49. The van der Waals surface area contributed by atoms with Crippen LogP contribution in [0.4, 0.5) is 13.2 Å². The predicted octanol–water partition coefficient (Wildman–Crippen LogP) is -2.08. The SMILES string of the molecule is O=C(/C=C(\[O-])c1ccncc1)C(F)(F)F.[Na+]. The minimum Gasteiger partial charge on any atom is -0.872 e. The van der Waals surface area contributed by atoms with Crippen molar-refractivity contribution in [1.82, 2.24) is 4.98 Å². The molecule has 0 spiro atoms. The zero-order valence-corrected chi connectivity index (χ0v) is 10.3. The second-order valence-corrected chi connectivity index (χ2v) is 2.61. The molecule has 1 aromatic heterocycles. The molecule has 0 aliphatic heterocycles. The van der Waals surface area contributed by atoms with Crippen LogP contribution in [0.1, 0.15) is 5.56 Å². The molecule has 0 amide bonds. The summed E-state index contributed by atoms with van der Waals surface area (Å²) in [6, 6.07) is 2.45. The van der Waals surface area contributed by atoms with Gasteiger partial charge in [0.25, 0.3) is 5.78 Å². The van der Waals surface area contributed by atoms with E-state index in [0.29, 0.717) is 0 Å². The van der Waals surface area contributed by atoms with Gasteiger partial charge >= 0.3 is 35.7 Å². The molecule has 0 saturated carbocycles. The van der Waals surface area contributed by atoms with Crippen LogP contribution in [0.3, 0.4) is 0 Å². The Balaban J connectivity index is 0.00000225. The Bertz CT molecular complexity index is 389. The molecule has 1 heterocycles. The fourth-order valence-electron chi connectivity index (χ4n) is 0.800. The number of allylic oxidation sites excluding steroid dienone is 1. The fourth-order valence-corrected chi connectivity index (χ4v) is 0.800. The number of carbonyl (C=O) groups is 1. The van der Waals surface area contributed by atoms with Gasteiger partial charge in [0, 0.05) is 12.4 Å². The summed E-state index contributed by atoms with van der Waals surface area (Å²) >= 11 is 0. The van der Waals surface area contributed by atoms with Crippen LogP contribution in [0.15, 0.2) is 30.6 Å². The topological polar surface area (TPSA) is 53.0 Å². The molecular weight excluding hydrogens is 234 g/mol. The molecule has 1 rings (SSSR count). The molecule has 1 aromatic rings. The number of hydrogen-bond acceptors (Lipinski definition) is 3. The molecule has 0 bridgehead atoms. The molecule has 0 saturated heterocycles. The van der Waals surface area contributed by atoms with Gasteiger partial charge in [-0.25, -0.2) is 0 Å². The van der Waals surface area contributed by atoms with Crippen molar-refractivity contribution in [2.45, 2.75) is 6.18 Å². The first-order chi connectivity index (χ1) is 6.91. The first kappa shape index (κ1) is 15.2. The monoisotopic (exact) mass is 239 g/mol. The molecule has 0 N–H and O–H groups in total. The number of carbonyl (C=O) groups excluding carboxylic acids is 1. The van der Waals surface area contributed by atoms with Crippen LogP contribution >= 0.6 is 0 Å². The van der Waals surface area contributed by atoms with E-state index < -0.39 is 17.7 Å². The second kappa shape index (κ2) is 6.03. The zero-order valence-electron chi connectivity index (χ0n) is 8.28. The fraction of sp³-hybridized carbons (Fsp3) is 0.111. The Morgan fingerprint density at radius 3 is 2.25 bits per heavy atom. The summed E-state index contributed by atoms with van der Waals surface area (Å²) < 4.78 is 35.3. The van der Waals surface area contributed by atoms with E-state index in [4.69, 9.17) is 0 Å². The van der Waals surface area contributed by atoms with Gasteiger partial charge in [0.15, 0.2) is 0 Å². The Kier molecular flexibility index (Phi) is 5.71. The van der Waals surface area contributed by atoms with E-state index in [1.165, 1.54) is 24.5 Å².